The van der Waals surface area contributed by atoms with Crippen molar-refractivity contribution in [3.63, 3.8) is 0 Å². The summed E-state index contributed by atoms with van der Waals surface area (Å²) in [5.41, 5.74) is 3.89. The molecule has 2 aliphatic rings. The maximum atomic E-state index is 12.6. The fraction of sp³-hybridized carbons (Fsp3) is 0.765. The molecule has 3 rings (SSSR count). The number of H-pyrrole nitrogens is 1. The average molecular weight is 304 g/mol. The second-order valence-corrected chi connectivity index (χ2v) is 7.14. The summed E-state index contributed by atoms with van der Waals surface area (Å²) >= 11 is 0. The van der Waals surface area contributed by atoms with E-state index in [9.17, 15) is 4.79 Å². The van der Waals surface area contributed by atoms with Crippen molar-refractivity contribution in [2.45, 2.75) is 46.0 Å². The quantitative estimate of drug-likeness (QED) is 0.872. The number of carbonyl (C=O) groups is 1. The normalized spacial score (nSPS) is 22.8. The maximum absolute atomic E-state index is 12.6. The van der Waals surface area contributed by atoms with E-state index in [1.165, 1.54) is 18.4 Å². The Bertz CT molecular complexity index is 525. The van der Waals surface area contributed by atoms with Gasteiger partial charge in [0.15, 0.2) is 0 Å². The van der Waals surface area contributed by atoms with Gasteiger partial charge in [-0.05, 0) is 70.0 Å². The van der Waals surface area contributed by atoms with Crippen LogP contribution in [0.4, 0.5) is 0 Å². The number of aryl methyl sites for hydroxylation is 2. The fourth-order valence-corrected chi connectivity index (χ4v) is 3.99. The van der Waals surface area contributed by atoms with Gasteiger partial charge in [-0.15, -0.1) is 0 Å². The van der Waals surface area contributed by atoms with Crippen molar-refractivity contribution in [3.8, 4) is 0 Å². The van der Waals surface area contributed by atoms with Crippen LogP contribution >= 0.6 is 0 Å². The fourth-order valence-electron chi connectivity index (χ4n) is 3.99. The number of amides is 1. The van der Waals surface area contributed by atoms with Crippen molar-refractivity contribution < 1.29 is 4.79 Å². The van der Waals surface area contributed by atoms with Crippen LogP contribution in [-0.4, -0.2) is 47.7 Å². The van der Waals surface area contributed by atoms with Crippen LogP contribution in [0, 0.1) is 25.2 Å². The van der Waals surface area contributed by atoms with Crippen LogP contribution in [0.2, 0.25) is 0 Å². The molecule has 1 unspecified atom stereocenters. The van der Waals surface area contributed by atoms with E-state index in [4.69, 9.17) is 0 Å². The molecule has 1 aromatic heterocycles. The highest BCUT2D eigenvalue weighted by molar-refractivity contribution is 5.82. The van der Waals surface area contributed by atoms with Crippen molar-refractivity contribution >= 4 is 5.91 Å². The number of nitrogens with zero attached hydrogens (tertiary/aromatic N) is 2. The summed E-state index contributed by atoms with van der Waals surface area (Å²) in [6.45, 7) is 7.10. The van der Waals surface area contributed by atoms with Gasteiger partial charge in [-0.2, -0.15) is 5.10 Å². The van der Waals surface area contributed by atoms with Crippen molar-refractivity contribution in [1.82, 2.24) is 20.4 Å². The van der Waals surface area contributed by atoms with E-state index in [1.54, 1.807) is 0 Å². The first-order valence-corrected chi connectivity index (χ1v) is 8.50. The molecule has 1 saturated heterocycles. The highest BCUT2D eigenvalue weighted by Crippen LogP contribution is 2.59. The summed E-state index contributed by atoms with van der Waals surface area (Å²) < 4.78 is 0. The van der Waals surface area contributed by atoms with Crippen LogP contribution in [0.5, 0.6) is 0 Å². The average Bonchev–Trinajstić information content (AvgIpc) is 3.11. The Hall–Kier alpha value is -1.36. The highest BCUT2D eigenvalue weighted by atomic mass is 16.2. The standard InChI is InChI=1S/C17H28N4O/c1-12-14(13(2)20-19-12)5-4-10-21(3)16(22)15-11-17(15)6-8-18-9-7-17/h15,18H,4-11H2,1-3H3,(H,19,20). The molecule has 2 N–H and O–H groups in total. The lowest BCUT2D eigenvalue weighted by atomic mass is 9.91. The number of aromatic amines is 1. The number of aromatic nitrogens is 2. The molecule has 22 heavy (non-hydrogen) atoms. The number of nitrogens with one attached hydrogen (secondary N) is 2. The summed E-state index contributed by atoms with van der Waals surface area (Å²) in [6.07, 6.45) is 5.45. The Balaban J connectivity index is 1.46. The molecular formula is C17H28N4O. The van der Waals surface area contributed by atoms with Gasteiger partial charge < -0.3 is 10.2 Å². The van der Waals surface area contributed by atoms with E-state index in [2.05, 4.69) is 22.4 Å². The molecule has 0 aromatic carbocycles. The van der Waals surface area contributed by atoms with Gasteiger partial charge in [0.05, 0.1) is 5.69 Å². The van der Waals surface area contributed by atoms with Crippen LogP contribution in [0.1, 0.15) is 42.6 Å². The minimum atomic E-state index is 0.289. The largest absolute Gasteiger partial charge is 0.345 e. The predicted molar refractivity (Wildman–Crippen MR) is 86.7 cm³/mol. The molecule has 5 nitrogen and oxygen atoms in total. The van der Waals surface area contributed by atoms with Crippen LogP contribution in [-0.2, 0) is 11.2 Å². The van der Waals surface area contributed by atoms with Gasteiger partial charge in [-0.3, -0.25) is 9.89 Å². The molecular weight excluding hydrogens is 276 g/mol. The summed E-state index contributed by atoms with van der Waals surface area (Å²) in [5.74, 6) is 0.652. The molecule has 1 atom stereocenters. The lowest BCUT2D eigenvalue weighted by Gasteiger charge is -2.25. The molecule has 1 amide bonds. The molecule has 2 fully saturated rings. The lowest BCUT2D eigenvalue weighted by Crippen LogP contribution is -2.35. The number of hydrogen-bond donors (Lipinski definition) is 2. The van der Waals surface area contributed by atoms with Gasteiger partial charge in [0.1, 0.15) is 0 Å². The summed E-state index contributed by atoms with van der Waals surface area (Å²) in [7, 11) is 1.96. The summed E-state index contributed by atoms with van der Waals surface area (Å²) in [6, 6.07) is 0. The Morgan fingerprint density at radius 1 is 1.36 bits per heavy atom. The van der Waals surface area contributed by atoms with Crippen molar-refractivity contribution in [2.24, 2.45) is 11.3 Å². The van der Waals surface area contributed by atoms with Crippen molar-refractivity contribution in [3.05, 3.63) is 17.0 Å². The Morgan fingerprint density at radius 3 is 2.73 bits per heavy atom. The minimum absolute atomic E-state index is 0.289. The van der Waals surface area contributed by atoms with Gasteiger partial charge in [0, 0.05) is 25.2 Å². The molecule has 1 aliphatic carbocycles. The first-order chi connectivity index (χ1) is 10.5. The van der Waals surface area contributed by atoms with E-state index < -0.39 is 0 Å². The topological polar surface area (TPSA) is 61.0 Å². The molecule has 1 spiro atoms. The Kier molecular flexibility index (Phi) is 4.26. The Labute approximate surface area is 132 Å². The first kappa shape index (κ1) is 15.5. The summed E-state index contributed by atoms with van der Waals surface area (Å²) in [4.78, 5) is 14.5. The monoisotopic (exact) mass is 304 g/mol. The van der Waals surface area contributed by atoms with E-state index in [0.717, 1.165) is 50.3 Å². The van der Waals surface area contributed by atoms with Gasteiger partial charge in [0.2, 0.25) is 5.91 Å². The van der Waals surface area contributed by atoms with E-state index >= 15 is 0 Å². The molecule has 0 bridgehead atoms. The van der Waals surface area contributed by atoms with E-state index in [1.807, 2.05) is 18.9 Å². The SMILES string of the molecule is Cc1n[nH]c(C)c1CCCN(C)C(=O)C1CC12CCNCC2. The second kappa shape index (κ2) is 6.03. The van der Waals surface area contributed by atoms with Crippen molar-refractivity contribution in [1.29, 1.82) is 0 Å². The highest BCUT2D eigenvalue weighted by Gasteiger charge is 2.58. The van der Waals surface area contributed by atoms with Crippen LogP contribution in [0.25, 0.3) is 0 Å². The third-order valence-electron chi connectivity index (χ3n) is 5.66. The molecule has 0 radical (unpaired) electrons. The smallest absolute Gasteiger partial charge is 0.226 e. The molecule has 1 aromatic rings. The van der Waals surface area contributed by atoms with Crippen LogP contribution in [0.15, 0.2) is 0 Å². The third kappa shape index (κ3) is 2.91. The van der Waals surface area contributed by atoms with Gasteiger partial charge in [-0.1, -0.05) is 0 Å². The van der Waals surface area contributed by atoms with Crippen molar-refractivity contribution in [2.75, 3.05) is 26.7 Å². The minimum Gasteiger partial charge on any atom is -0.345 e. The zero-order valence-electron chi connectivity index (χ0n) is 14.0. The number of hydrogen-bond acceptors (Lipinski definition) is 3. The zero-order chi connectivity index (χ0) is 15.7. The molecule has 1 saturated carbocycles. The van der Waals surface area contributed by atoms with Gasteiger partial charge in [-0.25, -0.2) is 0 Å². The number of rotatable bonds is 5. The molecule has 2 heterocycles. The Morgan fingerprint density at radius 2 is 2.09 bits per heavy atom. The maximum Gasteiger partial charge on any atom is 0.226 e. The second-order valence-electron chi connectivity index (χ2n) is 7.14. The van der Waals surface area contributed by atoms with Gasteiger partial charge >= 0.3 is 0 Å². The molecule has 5 heteroatoms. The number of piperidine rings is 1. The van der Waals surface area contributed by atoms with Crippen LogP contribution in [0.3, 0.4) is 0 Å². The number of carbonyl (C=O) groups excluding carboxylic acids is 1. The molecule has 1 aliphatic heterocycles. The van der Waals surface area contributed by atoms with E-state index in [-0.39, 0.29) is 5.92 Å². The van der Waals surface area contributed by atoms with Gasteiger partial charge in [0.25, 0.3) is 0 Å². The van der Waals surface area contributed by atoms with Crippen LogP contribution < -0.4 is 5.32 Å². The van der Waals surface area contributed by atoms with E-state index in [0.29, 0.717) is 11.3 Å². The zero-order valence-corrected chi connectivity index (χ0v) is 14.0. The molecule has 122 valence electrons. The first-order valence-electron chi connectivity index (χ1n) is 8.50. The third-order valence-corrected chi connectivity index (χ3v) is 5.66. The predicted octanol–water partition coefficient (Wildman–Crippen LogP) is 1.81. The summed E-state index contributed by atoms with van der Waals surface area (Å²) in [5, 5.41) is 10.7. The lowest BCUT2D eigenvalue weighted by molar-refractivity contribution is -0.132.